The van der Waals surface area contributed by atoms with E-state index in [2.05, 4.69) is 33.9 Å². The Morgan fingerprint density at radius 3 is 1.94 bits per heavy atom. The minimum atomic E-state index is -1.86. The minimum absolute atomic E-state index is 0.0277. The molecular formula is C12H22O3Si. The van der Waals surface area contributed by atoms with Crippen LogP contribution in [0.3, 0.4) is 0 Å². The molecule has 0 radical (unpaired) electrons. The van der Waals surface area contributed by atoms with E-state index < -0.39 is 8.32 Å². The summed E-state index contributed by atoms with van der Waals surface area (Å²) in [5.41, 5.74) is 0. The van der Waals surface area contributed by atoms with Crippen molar-refractivity contribution < 1.29 is 14.0 Å². The monoisotopic (exact) mass is 242 g/mol. The van der Waals surface area contributed by atoms with Crippen LogP contribution in [0.25, 0.3) is 0 Å². The summed E-state index contributed by atoms with van der Waals surface area (Å²) in [4.78, 5) is 22.7. The Morgan fingerprint density at radius 2 is 1.56 bits per heavy atom. The van der Waals surface area contributed by atoms with Crippen molar-refractivity contribution >= 4 is 19.9 Å². The second-order valence-corrected chi connectivity index (χ2v) is 10.9. The van der Waals surface area contributed by atoms with Gasteiger partial charge in [0.25, 0.3) is 0 Å². The van der Waals surface area contributed by atoms with E-state index >= 15 is 0 Å². The quantitative estimate of drug-likeness (QED) is 0.552. The zero-order valence-electron chi connectivity index (χ0n) is 10.9. The van der Waals surface area contributed by atoms with E-state index in [1.807, 2.05) is 0 Å². The first-order valence-electron chi connectivity index (χ1n) is 5.83. The molecule has 1 rings (SSSR count). The summed E-state index contributed by atoms with van der Waals surface area (Å²) in [6.07, 6.45) is 0.767. The Hall–Kier alpha value is -0.483. The standard InChI is InChI=1S/C12H22O3Si/c1-12(2,3)16(4,5)15-11-7-9(13)6-10(14)8-11/h11H,6-8H2,1-5H3. The van der Waals surface area contributed by atoms with E-state index in [1.165, 1.54) is 0 Å². The summed E-state index contributed by atoms with van der Waals surface area (Å²) in [5, 5.41) is 0.122. The lowest BCUT2D eigenvalue weighted by atomic mass is 9.96. The number of hydrogen-bond donors (Lipinski definition) is 0. The predicted molar refractivity (Wildman–Crippen MR) is 65.9 cm³/mol. The molecule has 0 spiro atoms. The molecule has 1 aliphatic rings. The zero-order chi connectivity index (χ0) is 12.6. The normalized spacial score (nSPS) is 20.3. The van der Waals surface area contributed by atoms with Crippen LogP contribution in [-0.2, 0) is 14.0 Å². The lowest BCUT2D eigenvalue weighted by Gasteiger charge is -2.39. The van der Waals surface area contributed by atoms with Gasteiger partial charge in [0.05, 0.1) is 12.5 Å². The summed E-state index contributed by atoms with van der Waals surface area (Å²) in [6.45, 7) is 10.8. The van der Waals surface area contributed by atoms with Gasteiger partial charge in [0.15, 0.2) is 8.32 Å². The topological polar surface area (TPSA) is 43.4 Å². The molecule has 0 aromatic heterocycles. The zero-order valence-corrected chi connectivity index (χ0v) is 11.9. The van der Waals surface area contributed by atoms with E-state index in [0.29, 0.717) is 12.8 Å². The Balaban J connectivity index is 2.67. The van der Waals surface area contributed by atoms with E-state index in [1.54, 1.807) is 0 Å². The van der Waals surface area contributed by atoms with Gasteiger partial charge in [-0.05, 0) is 18.1 Å². The first-order chi connectivity index (χ1) is 7.12. The molecule has 4 heteroatoms. The second kappa shape index (κ2) is 4.41. The van der Waals surface area contributed by atoms with Gasteiger partial charge in [0, 0.05) is 12.8 Å². The molecule has 0 N–H and O–H groups in total. The molecule has 92 valence electrons. The maximum atomic E-state index is 11.3. The van der Waals surface area contributed by atoms with Gasteiger partial charge in [-0.15, -0.1) is 0 Å². The van der Waals surface area contributed by atoms with Crippen LogP contribution in [0, 0.1) is 0 Å². The van der Waals surface area contributed by atoms with Gasteiger partial charge in [-0.3, -0.25) is 9.59 Å². The minimum Gasteiger partial charge on any atom is -0.413 e. The number of Topliss-reactive ketones (excluding diaryl/α,β-unsaturated/α-hetero) is 2. The Kier molecular flexibility index (Phi) is 3.75. The van der Waals surface area contributed by atoms with Crippen LogP contribution >= 0.6 is 0 Å². The predicted octanol–water partition coefficient (Wildman–Crippen LogP) is 2.70. The lowest BCUT2D eigenvalue weighted by Crippen LogP contribution is -2.46. The van der Waals surface area contributed by atoms with Crippen molar-refractivity contribution in [3.05, 3.63) is 0 Å². The summed E-state index contributed by atoms with van der Waals surface area (Å²) in [6, 6.07) is 0. The smallest absolute Gasteiger partial charge is 0.192 e. The number of rotatable bonds is 2. The fourth-order valence-electron chi connectivity index (χ4n) is 1.62. The van der Waals surface area contributed by atoms with E-state index in [4.69, 9.17) is 4.43 Å². The van der Waals surface area contributed by atoms with Crippen molar-refractivity contribution in [3.8, 4) is 0 Å². The first kappa shape index (κ1) is 13.6. The molecule has 0 unspecified atom stereocenters. The van der Waals surface area contributed by atoms with Gasteiger partial charge in [-0.1, -0.05) is 20.8 Å². The van der Waals surface area contributed by atoms with Crippen LogP contribution < -0.4 is 0 Å². The summed E-state index contributed by atoms with van der Waals surface area (Å²) in [5.74, 6) is 0.0555. The van der Waals surface area contributed by atoms with Gasteiger partial charge in [-0.25, -0.2) is 0 Å². The fraction of sp³-hybridized carbons (Fsp3) is 0.833. The SMILES string of the molecule is CC(C)(C)[Si](C)(C)OC1CC(=O)CC(=O)C1. The molecule has 0 heterocycles. The maximum absolute atomic E-state index is 11.3. The molecule has 0 amide bonds. The van der Waals surface area contributed by atoms with Gasteiger partial charge < -0.3 is 4.43 Å². The molecule has 1 aliphatic carbocycles. The molecule has 0 atom stereocenters. The molecule has 0 aromatic carbocycles. The van der Waals surface area contributed by atoms with Crippen molar-refractivity contribution in [2.24, 2.45) is 0 Å². The number of carbonyl (C=O) groups is 2. The van der Waals surface area contributed by atoms with Crippen LogP contribution in [0.1, 0.15) is 40.0 Å². The third kappa shape index (κ3) is 3.25. The number of ketones is 2. The van der Waals surface area contributed by atoms with Gasteiger partial charge >= 0.3 is 0 Å². The average molecular weight is 242 g/mol. The highest BCUT2D eigenvalue weighted by atomic mass is 28.4. The highest BCUT2D eigenvalue weighted by molar-refractivity contribution is 6.74. The largest absolute Gasteiger partial charge is 0.413 e. The van der Waals surface area contributed by atoms with Gasteiger partial charge in [0.2, 0.25) is 0 Å². The summed E-state index contributed by atoms with van der Waals surface area (Å²) in [7, 11) is -1.86. The lowest BCUT2D eigenvalue weighted by molar-refractivity contribution is -0.132. The molecule has 0 aliphatic heterocycles. The molecule has 0 aromatic rings. The molecular weight excluding hydrogens is 220 g/mol. The van der Waals surface area contributed by atoms with Gasteiger partial charge in [-0.2, -0.15) is 0 Å². The third-order valence-corrected chi connectivity index (χ3v) is 8.11. The van der Waals surface area contributed by atoms with Crippen LogP contribution in [0.15, 0.2) is 0 Å². The van der Waals surface area contributed by atoms with Crippen molar-refractivity contribution in [1.82, 2.24) is 0 Å². The highest BCUT2D eigenvalue weighted by Gasteiger charge is 2.40. The fourth-order valence-corrected chi connectivity index (χ4v) is 2.97. The molecule has 16 heavy (non-hydrogen) atoms. The average Bonchev–Trinajstić information content (AvgIpc) is 1.97. The summed E-state index contributed by atoms with van der Waals surface area (Å²) < 4.78 is 6.08. The van der Waals surface area contributed by atoms with E-state index in [-0.39, 0.29) is 29.1 Å². The Labute approximate surface area is 98.7 Å². The second-order valence-electron chi connectivity index (χ2n) is 6.16. The molecule has 1 fully saturated rings. The van der Waals surface area contributed by atoms with Crippen molar-refractivity contribution in [3.63, 3.8) is 0 Å². The molecule has 0 bridgehead atoms. The highest BCUT2D eigenvalue weighted by Crippen LogP contribution is 2.38. The maximum Gasteiger partial charge on any atom is 0.192 e. The number of carbonyl (C=O) groups excluding carboxylic acids is 2. The molecule has 1 saturated carbocycles. The van der Waals surface area contributed by atoms with Crippen LogP contribution in [0.5, 0.6) is 0 Å². The summed E-state index contributed by atoms with van der Waals surface area (Å²) >= 11 is 0. The Morgan fingerprint density at radius 1 is 1.12 bits per heavy atom. The van der Waals surface area contributed by atoms with Crippen molar-refractivity contribution in [2.45, 2.75) is 64.3 Å². The number of hydrogen-bond acceptors (Lipinski definition) is 3. The van der Waals surface area contributed by atoms with Crippen molar-refractivity contribution in [2.75, 3.05) is 0 Å². The van der Waals surface area contributed by atoms with Crippen LogP contribution in [0.2, 0.25) is 18.1 Å². The molecule has 0 saturated heterocycles. The third-order valence-electron chi connectivity index (χ3n) is 3.57. The van der Waals surface area contributed by atoms with Crippen LogP contribution in [0.4, 0.5) is 0 Å². The molecule has 3 nitrogen and oxygen atoms in total. The first-order valence-corrected chi connectivity index (χ1v) is 8.74. The van der Waals surface area contributed by atoms with Crippen molar-refractivity contribution in [1.29, 1.82) is 0 Å². The van der Waals surface area contributed by atoms with E-state index in [9.17, 15) is 9.59 Å². The van der Waals surface area contributed by atoms with Gasteiger partial charge in [0.1, 0.15) is 11.6 Å². The van der Waals surface area contributed by atoms with E-state index in [0.717, 1.165) is 0 Å². The Bertz CT molecular complexity index is 286. The van der Waals surface area contributed by atoms with Crippen LogP contribution in [-0.4, -0.2) is 26.0 Å².